The highest BCUT2D eigenvalue weighted by Crippen LogP contribution is 2.32. The Morgan fingerprint density at radius 1 is 1.27 bits per heavy atom. The van der Waals surface area contributed by atoms with Crippen LogP contribution in [0.4, 0.5) is 0 Å². The third-order valence-corrected chi connectivity index (χ3v) is 3.66. The van der Waals surface area contributed by atoms with Crippen LogP contribution in [0.15, 0.2) is 42.5 Å². The average Bonchev–Trinajstić information content (AvgIpc) is 2.59. The molecule has 116 valence electrons. The van der Waals surface area contributed by atoms with E-state index in [1.54, 1.807) is 0 Å². The minimum atomic E-state index is -0.215. The zero-order chi connectivity index (χ0) is 15.2. The summed E-state index contributed by atoms with van der Waals surface area (Å²) in [5, 5.41) is 2.80. The summed E-state index contributed by atoms with van der Waals surface area (Å²) in [6, 6.07) is 5.48. The fraction of sp³-hybridized carbons (Fsp3) is 0.353. The van der Waals surface area contributed by atoms with Gasteiger partial charge in [0.1, 0.15) is 13.2 Å². The molecule has 1 N–H and O–H groups in total. The first kappa shape index (κ1) is 14.7. The predicted octanol–water partition coefficient (Wildman–Crippen LogP) is 2.15. The van der Waals surface area contributed by atoms with Crippen molar-refractivity contribution >= 4 is 6.41 Å². The number of allylic oxidation sites excluding steroid dienone is 2. The van der Waals surface area contributed by atoms with Crippen LogP contribution in [-0.2, 0) is 9.53 Å². The van der Waals surface area contributed by atoms with E-state index in [4.69, 9.17) is 14.2 Å². The van der Waals surface area contributed by atoms with Crippen LogP contribution in [0.25, 0.3) is 0 Å². The van der Waals surface area contributed by atoms with Crippen molar-refractivity contribution in [2.24, 2.45) is 0 Å². The summed E-state index contributed by atoms with van der Waals surface area (Å²) in [4.78, 5) is 10.9. The van der Waals surface area contributed by atoms with Gasteiger partial charge >= 0.3 is 0 Å². The molecule has 0 bridgehead atoms. The maximum atomic E-state index is 10.9. The van der Waals surface area contributed by atoms with Crippen LogP contribution in [0.5, 0.6) is 11.5 Å². The van der Waals surface area contributed by atoms with Crippen molar-refractivity contribution in [3.05, 3.63) is 48.1 Å². The molecule has 0 saturated heterocycles. The molecule has 5 nitrogen and oxygen atoms in total. The SMILES string of the molecule is O=CNC(COC1C=CC=CC1)c1ccc2c(c1)OCCO2. The Morgan fingerprint density at radius 3 is 2.91 bits per heavy atom. The summed E-state index contributed by atoms with van der Waals surface area (Å²) < 4.78 is 17.0. The fourth-order valence-corrected chi connectivity index (χ4v) is 2.50. The molecule has 3 rings (SSSR count). The number of nitrogens with one attached hydrogen (secondary N) is 1. The molecule has 2 atom stereocenters. The summed E-state index contributed by atoms with van der Waals surface area (Å²) in [7, 11) is 0. The van der Waals surface area contributed by atoms with Gasteiger partial charge in [-0.25, -0.2) is 0 Å². The second-order valence-electron chi connectivity index (χ2n) is 5.16. The normalized spacial score (nSPS) is 20.5. The Bertz CT molecular complexity index is 582. The van der Waals surface area contributed by atoms with Crippen molar-refractivity contribution in [3.63, 3.8) is 0 Å². The molecule has 0 fully saturated rings. The number of fused-ring (bicyclic) bond motifs is 1. The van der Waals surface area contributed by atoms with E-state index in [0.29, 0.717) is 32.0 Å². The quantitative estimate of drug-likeness (QED) is 0.818. The summed E-state index contributed by atoms with van der Waals surface area (Å²) in [5.41, 5.74) is 0.937. The van der Waals surface area contributed by atoms with Crippen molar-refractivity contribution in [3.8, 4) is 11.5 Å². The van der Waals surface area contributed by atoms with Gasteiger partial charge in [0.15, 0.2) is 11.5 Å². The van der Waals surface area contributed by atoms with Crippen LogP contribution in [0.2, 0.25) is 0 Å². The van der Waals surface area contributed by atoms with E-state index in [0.717, 1.165) is 17.7 Å². The molecule has 2 unspecified atom stereocenters. The van der Waals surface area contributed by atoms with E-state index in [-0.39, 0.29) is 12.1 Å². The number of carbonyl (C=O) groups is 1. The summed E-state index contributed by atoms with van der Waals surface area (Å²) >= 11 is 0. The molecular weight excluding hydrogens is 282 g/mol. The molecule has 1 aromatic carbocycles. The van der Waals surface area contributed by atoms with Crippen LogP contribution >= 0.6 is 0 Å². The van der Waals surface area contributed by atoms with Gasteiger partial charge in [0, 0.05) is 0 Å². The monoisotopic (exact) mass is 301 g/mol. The Labute approximate surface area is 129 Å². The molecular formula is C17H19NO4. The van der Waals surface area contributed by atoms with E-state index >= 15 is 0 Å². The lowest BCUT2D eigenvalue weighted by atomic mass is 10.1. The van der Waals surface area contributed by atoms with Crippen LogP contribution in [0.3, 0.4) is 0 Å². The Hall–Kier alpha value is -2.27. The number of hydrogen-bond acceptors (Lipinski definition) is 4. The molecule has 1 aliphatic heterocycles. The van der Waals surface area contributed by atoms with Gasteiger partial charge in [0.25, 0.3) is 0 Å². The second kappa shape index (κ2) is 7.13. The average molecular weight is 301 g/mol. The summed E-state index contributed by atoms with van der Waals surface area (Å²) in [6.45, 7) is 1.51. The third-order valence-electron chi connectivity index (χ3n) is 3.66. The predicted molar refractivity (Wildman–Crippen MR) is 82.0 cm³/mol. The van der Waals surface area contributed by atoms with Crippen LogP contribution in [0, 0.1) is 0 Å². The van der Waals surface area contributed by atoms with Crippen LogP contribution < -0.4 is 14.8 Å². The largest absolute Gasteiger partial charge is 0.486 e. The minimum absolute atomic E-state index is 0.0539. The summed E-state index contributed by atoms with van der Waals surface area (Å²) in [6.07, 6.45) is 9.66. The highest BCUT2D eigenvalue weighted by atomic mass is 16.6. The Balaban J connectivity index is 1.68. The second-order valence-corrected chi connectivity index (χ2v) is 5.16. The van der Waals surface area contributed by atoms with E-state index in [1.165, 1.54) is 0 Å². The highest BCUT2D eigenvalue weighted by molar-refractivity contribution is 5.50. The molecule has 0 saturated carbocycles. The first-order valence-corrected chi connectivity index (χ1v) is 7.41. The van der Waals surface area contributed by atoms with Gasteiger partial charge in [0.05, 0.1) is 18.8 Å². The maximum absolute atomic E-state index is 10.9. The van der Waals surface area contributed by atoms with Crippen LogP contribution in [0.1, 0.15) is 18.0 Å². The highest BCUT2D eigenvalue weighted by Gasteiger charge is 2.18. The lowest BCUT2D eigenvalue weighted by Gasteiger charge is -2.23. The lowest BCUT2D eigenvalue weighted by molar-refractivity contribution is -0.110. The van der Waals surface area contributed by atoms with E-state index in [9.17, 15) is 4.79 Å². The zero-order valence-corrected chi connectivity index (χ0v) is 12.2. The molecule has 1 aliphatic carbocycles. The first-order chi connectivity index (χ1) is 10.9. The molecule has 5 heteroatoms. The molecule has 0 radical (unpaired) electrons. The standard InChI is InChI=1S/C17H19NO4/c19-12-18-15(11-22-14-4-2-1-3-5-14)13-6-7-16-17(10-13)21-9-8-20-16/h1-4,6-7,10,12,14-15H,5,8-9,11H2,(H,18,19). The van der Waals surface area contributed by atoms with E-state index in [2.05, 4.69) is 11.4 Å². The molecule has 0 spiro atoms. The van der Waals surface area contributed by atoms with Crippen molar-refractivity contribution in [1.29, 1.82) is 0 Å². The van der Waals surface area contributed by atoms with Gasteiger partial charge < -0.3 is 19.5 Å². The first-order valence-electron chi connectivity index (χ1n) is 7.41. The van der Waals surface area contributed by atoms with Crippen LogP contribution in [-0.4, -0.2) is 32.3 Å². The topological polar surface area (TPSA) is 56.8 Å². The third kappa shape index (κ3) is 3.49. The zero-order valence-electron chi connectivity index (χ0n) is 12.2. The van der Waals surface area contributed by atoms with E-state index < -0.39 is 0 Å². The number of amides is 1. The Kier molecular flexibility index (Phi) is 4.75. The smallest absolute Gasteiger partial charge is 0.207 e. The fourth-order valence-electron chi connectivity index (χ4n) is 2.50. The molecule has 1 amide bonds. The Morgan fingerprint density at radius 2 is 2.14 bits per heavy atom. The van der Waals surface area contributed by atoms with E-state index in [1.807, 2.05) is 36.4 Å². The molecule has 1 heterocycles. The molecule has 0 aromatic heterocycles. The minimum Gasteiger partial charge on any atom is -0.486 e. The number of rotatable bonds is 6. The van der Waals surface area contributed by atoms with Gasteiger partial charge in [-0.1, -0.05) is 30.4 Å². The van der Waals surface area contributed by atoms with Gasteiger partial charge in [0.2, 0.25) is 6.41 Å². The van der Waals surface area contributed by atoms with Crippen molar-refractivity contribution in [2.45, 2.75) is 18.6 Å². The number of carbonyl (C=O) groups excluding carboxylic acids is 1. The van der Waals surface area contributed by atoms with Gasteiger partial charge in [-0.05, 0) is 24.1 Å². The number of benzene rings is 1. The van der Waals surface area contributed by atoms with Crippen molar-refractivity contribution in [1.82, 2.24) is 5.32 Å². The molecule has 1 aromatic rings. The lowest BCUT2D eigenvalue weighted by Crippen LogP contribution is -2.27. The van der Waals surface area contributed by atoms with Gasteiger partial charge in [-0.2, -0.15) is 0 Å². The van der Waals surface area contributed by atoms with Gasteiger partial charge in [-0.3, -0.25) is 4.79 Å². The van der Waals surface area contributed by atoms with Crippen molar-refractivity contribution < 1.29 is 19.0 Å². The van der Waals surface area contributed by atoms with Crippen molar-refractivity contribution in [2.75, 3.05) is 19.8 Å². The van der Waals surface area contributed by atoms with Gasteiger partial charge in [-0.15, -0.1) is 0 Å². The number of ether oxygens (including phenoxy) is 3. The number of hydrogen-bond donors (Lipinski definition) is 1. The maximum Gasteiger partial charge on any atom is 0.207 e. The summed E-state index contributed by atoms with van der Waals surface area (Å²) in [5.74, 6) is 1.45. The molecule has 22 heavy (non-hydrogen) atoms. The molecule has 2 aliphatic rings.